The number of ether oxygens (including phenoxy) is 1. The lowest BCUT2D eigenvalue weighted by Crippen LogP contribution is -2.43. The zero-order chi connectivity index (χ0) is 19.4. The molecular formula is C20H23BrN2O4. The number of hydrogen-bond acceptors (Lipinski definition) is 4. The van der Waals surface area contributed by atoms with Gasteiger partial charge in [-0.15, -0.1) is 0 Å². The summed E-state index contributed by atoms with van der Waals surface area (Å²) in [4.78, 5) is 26.7. The van der Waals surface area contributed by atoms with E-state index in [4.69, 9.17) is 9.15 Å². The topological polar surface area (TPSA) is 71.8 Å². The lowest BCUT2D eigenvalue weighted by Gasteiger charge is -2.31. The van der Waals surface area contributed by atoms with E-state index in [2.05, 4.69) is 21.2 Å². The molecule has 0 spiro atoms. The fourth-order valence-corrected chi connectivity index (χ4v) is 3.83. The number of benzene rings is 1. The van der Waals surface area contributed by atoms with Crippen LogP contribution in [0.1, 0.15) is 41.9 Å². The molecule has 1 atom stereocenters. The average molecular weight is 435 g/mol. The third-order valence-corrected chi connectivity index (χ3v) is 5.54. The number of furan rings is 1. The molecule has 1 aromatic heterocycles. The summed E-state index contributed by atoms with van der Waals surface area (Å²) in [5, 5.41) is 3.08. The van der Waals surface area contributed by atoms with Gasteiger partial charge in [-0.3, -0.25) is 9.59 Å². The van der Waals surface area contributed by atoms with Gasteiger partial charge < -0.3 is 19.4 Å². The number of carbonyl (C=O) groups excluding carboxylic acids is 2. The van der Waals surface area contributed by atoms with Gasteiger partial charge in [0, 0.05) is 19.0 Å². The molecule has 1 fully saturated rings. The standard InChI is InChI=1S/C20H23BrN2O4/c1-13(15-5-6-17(26-2)16(21)12-15)22-19(24)14-7-9-23(10-8-14)20(25)18-4-3-11-27-18/h3-6,11-14H,7-10H2,1-2H3,(H,22,24). The second kappa shape index (κ2) is 8.61. The zero-order valence-corrected chi connectivity index (χ0v) is 17.0. The third kappa shape index (κ3) is 4.53. The Hall–Kier alpha value is -2.28. The largest absolute Gasteiger partial charge is 0.496 e. The van der Waals surface area contributed by atoms with Crippen molar-refractivity contribution in [1.29, 1.82) is 0 Å². The average Bonchev–Trinajstić information content (AvgIpc) is 3.22. The van der Waals surface area contributed by atoms with Gasteiger partial charge in [-0.05, 0) is 65.5 Å². The van der Waals surface area contributed by atoms with Gasteiger partial charge in [0.1, 0.15) is 5.75 Å². The quantitative estimate of drug-likeness (QED) is 0.776. The Kier molecular flexibility index (Phi) is 6.21. The molecule has 1 saturated heterocycles. The lowest BCUT2D eigenvalue weighted by molar-refractivity contribution is -0.127. The molecule has 1 unspecified atom stereocenters. The highest BCUT2D eigenvalue weighted by Gasteiger charge is 2.29. The SMILES string of the molecule is COc1ccc(C(C)NC(=O)C2CCN(C(=O)c3ccco3)CC2)cc1Br. The van der Waals surface area contributed by atoms with Gasteiger partial charge in [-0.2, -0.15) is 0 Å². The highest BCUT2D eigenvalue weighted by Crippen LogP contribution is 2.28. The van der Waals surface area contributed by atoms with Gasteiger partial charge in [0.25, 0.3) is 5.91 Å². The molecule has 3 rings (SSSR count). The van der Waals surface area contributed by atoms with E-state index >= 15 is 0 Å². The first-order chi connectivity index (χ1) is 13.0. The van der Waals surface area contributed by atoms with Crippen molar-refractivity contribution in [2.24, 2.45) is 5.92 Å². The predicted molar refractivity (Wildman–Crippen MR) is 105 cm³/mol. The normalized spacial score (nSPS) is 16.0. The van der Waals surface area contributed by atoms with Crippen molar-refractivity contribution in [2.75, 3.05) is 20.2 Å². The minimum absolute atomic E-state index is 0.0274. The van der Waals surface area contributed by atoms with Crippen LogP contribution in [-0.4, -0.2) is 36.9 Å². The maximum absolute atomic E-state index is 12.6. The van der Waals surface area contributed by atoms with Crippen molar-refractivity contribution in [2.45, 2.75) is 25.8 Å². The number of piperidine rings is 1. The molecule has 1 aliphatic rings. The molecule has 7 heteroatoms. The van der Waals surface area contributed by atoms with Crippen LogP contribution in [0, 0.1) is 5.92 Å². The van der Waals surface area contributed by atoms with Crippen LogP contribution in [0.4, 0.5) is 0 Å². The fourth-order valence-electron chi connectivity index (χ4n) is 3.27. The maximum atomic E-state index is 12.6. The summed E-state index contributed by atoms with van der Waals surface area (Å²) in [5.41, 5.74) is 1.00. The van der Waals surface area contributed by atoms with Gasteiger partial charge >= 0.3 is 0 Å². The molecule has 1 aromatic carbocycles. The second-order valence-corrected chi connectivity index (χ2v) is 7.52. The van der Waals surface area contributed by atoms with Crippen molar-refractivity contribution in [3.05, 3.63) is 52.4 Å². The summed E-state index contributed by atoms with van der Waals surface area (Å²) in [6.45, 7) is 3.07. The number of hydrogen-bond donors (Lipinski definition) is 1. The fraction of sp³-hybridized carbons (Fsp3) is 0.400. The van der Waals surface area contributed by atoms with E-state index in [-0.39, 0.29) is 23.8 Å². The molecule has 0 saturated carbocycles. The monoisotopic (exact) mass is 434 g/mol. The number of halogens is 1. The van der Waals surface area contributed by atoms with Crippen LogP contribution >= 0.6 is 15.9 Å². The maximum Gasteiger partial charge on any atom is 0.289 e. The number of nitrogens with zero attached hydrogens (tertiary/aromatic N) is 1. The molecule has 1 aliphatic heterocycles. The second-order valence-electron chi connectivity index (χ2n) is 6.67. The number of rotatable bonds is 5. The van der Waals surface area contributed by atoms with Crippen LogP contribution in [0.3, 0.4) is 0 Å². The molecule has 1 N–H and O–H groups in total. The van der Waals surface area contributed by atoms with E-state index in [1.54, 1.807) is 24.1 Å². The molecule has 0 radical (unpaired) electrons. The first-order valence-corrected chi connectivity index (χ1v) is 9.75. The van der Waals surface area contributed by atoms with E-state index in [0.29, 0.717) is 31.7 Å². The van der Waals surface area contributed by atoms with Crippen LogP contribution in [0.5, 0.6) is 5.75 Å². The van der Waals surface area contributed by atoms with Crippen molar-refractivity contribution < 1.29 is 18.7 Å². The first-order valence-electron chi connectivity index (χ1n) is 8.96. The summed E-state index contributed by atoms with van der Waals surface area (Å²) >= 11 is 3.47. The Balaban J connectivity index is 1.53. The lowest BCUT2D eigenvalue weighted by atomic mass is 9.95. The van der Waals surface area contributed by atoms with E-state index in [0.717, 1.165) is 15.8 Å². The van der Waals surface area contributed by atoms with Crippen molar-refractivity contribution in [3.63, 3.8) is 0 Å². The van der Waals surface area contributed by atoms with Crippen LogP contribution in [0.25, 0.3) is 0 Å². The van der Waals surface area contributed by atoms with Crippen molar-refractivity contribution >= 4 is 27.7 Å². The minimum atomic E-state index is -0.115. The van der Waals surface area contributed by atoms with E-state index in [1.807, 2.05) is 25.1 Å². The summed E-state index contributed by atoms with van der Waals surface area (Å²) in [5.74, 6) is 0.923. The first kappa shape index (κ1) is 19.5. The molecule has 27 heavy (non-hydrogen) atoms. The van der Waals surface area contributed by atoms with E-state index < -0.39 is 0 Å². The van der Waals surface area contributed by atoms with Crippen LogP contribution in [0.15, 0.2) is 45.5 Å². The van der Waals surface area contributed by atoms with Crippen LogP contribution in [0.2, 0.25) is 0 Å². The van der Waals surface area contributed by atoms with Crippen LogP contribution < -0.4 is 10.1 Å². The number of nitrogens with one attached hydrogen (secondary N) is 1. The molecule has 2 amide bonds. The molecular weight excluding hydrogens is 412 g/mol. The highest BCUT2D eigenvalue weighted by molar-refractivity contribution is 9.10. The van der Waals surface area contributed by atoms with Gasteiger partial charge in [-0.1, -0.05) is 6.07 Å². The number of likely N-dealkylation sites (tertiary alicyclic amines) is 1. The summed E-state index contributed by atoms with van der Waals surface area (Å²) in [6.07, 6.45) is 2.79. The van der Waals surface area contributed by atoms with Crippen molar-refractivity contribution in [3.8, 4) is 5.75 Å². The Bertz CT molecular complexity index is 798. The van der Waals surface area contributed by atoms with E-state index in [1.165, 1.54) is 6.26 Å². The van der Waals surface area contributed by atoms with Gasteiger partial charge in [0.2, 0.25) is 5.91 Å². The van der Waals surface area contributed by atoms with Gasteiger partial charge in [0.15, 0.2) is 5.76 Å². The Labute approximate surface area is 167 Å². The predicted octanol–water partition coefficient (Wildman–Crippen LogP) is 3.78. The third-order valence-electron chi connectivity index (χ3n) is 4.92. The molecule has 2 aromatic rings. The molecule has 0 bridgehead atoms. The van der Waals surface area contributed by atoms with E-state index in [9.17, 15) is 9.59 Å². The molecule has 144 valence electrons. The number of methoxy groups -OCH3 is 1. The van der Waals surface area contributed by atoms with Gasteiger partial charge in [0.05, 0.1) is 23.9 Å². The Morgan fingerprint density at radius 1 is 1.30 bits per heavy atom. The van der Waals surface area contributed by atoms with Crippen molar-refractivity contribution in [1.82, 2.24) is 10.2 Å². The molecule has 0 aliphatic carbocycles. The Morgan fingerprint density at radius 2 is 2.04 bits per heavy atom. The van der Waals surface area contributed by atoms with Crippen LogP contribution in [-0.2, 0) is 4.79 Å². The highest BCUT2D eigenvalue weighted by atomic mass is 79.9. The number of amides is 2. The summed E-state index contributed by atoms with van der Waals surface area (Å²) < 4.78 is 11.3. The minimum Gasteiger partial charge on any atom is -0.496 e. The Morgan fingerprint density at radius 3 is 2.63 bits per heavy atom. The summed E-state index contributed by atoms with van der Waals surface area (Å²) in [6, 6.07) is 9.03. The smallest absolute Gasteiger partial charge is 0.289 e. The van der Waals surface area contributed by atoms with Gasteiger partial charge in [-0.25, -0.2) is 0 Å². The number of carbonyl (C=O) groups is 2. The zero-order valence-electron chi connectivity index (χ0n) is 15.4. The molecule has 2 heterocycles. The summed E-state index contributed by atoms with van der Waals surface area (Å²) in [7, 11) is 1.62. The molecule has 6 nitrogen and oxygen atoms in total.